The van der Waals surface area contributed by atoms with E-state index in [1.807, 2.05) is 40.1 Å². The Kier molecular flexibility index (Phi) is 4.85. The quantitative estimate of drug-likeness (QED) is 0.882. The van der Waals surface area contributed by atoms with E-state index in [1.165, 1.54) is 0 Å². The average molecular weight is 357 g/mol. The molecule has 6 heteroatoms. The summed E-state index contributed by atoms with van der Waals surface area (Å²) in [4.78, 5) is 29.2. The molecular formula is C20H27N3O3. The molecule has 0 saturated carbocycles. The van der Waals surface area contributed by atoms with E-state index in [2.05, 4.69) is 5.32 Å². The summed E-state index contributed by atoms with van der Waals surface area (Å²) >= 11 is 0. The van der Waals surface area contributed by atoms with Crippen molar-refractivity contribution < 1.29 is 14.3 Å². The first-order valence-corrected chi connectivity index (χ1v) is 9.65. The smallest absolute Gasteiger partial charge is 0.317 e. The molecule has 3 heterocycles. The largest absolute Gasteiger partial charge is 0.381 e. The third-order valence-electron chi connectivity index (χ3n) is 6.06. The van der Waals surface area contributed by atoms with Crippen LogP contribution in [0.1, 0.15) is 36.0 Å². The highest BCUT2D eigenvalue weighted by atomic mass is 16.5. The molecule has 1 spiro atoms. The highest BCUT2D eigenvalue weighted by molar-refractivity contribution is 5.94. The lowest BCUT2D eigenvalue weighted by molar-refractivity contribution is -0.0243. The predicted octanol–water partition coefficient (Wildman–Crippen LogP) is 2.11. The highest BCUT2D eigenvalue weighted by Gasteiger charge is 2.48. The molecule has 140 valence electrons. The van der Waals surface area contributed by atoms with Crippen LogP contribution in [0.25, 0.3) is 0 Å². The summed E-state index contributed by atoms with van der Waals surface area (Å²) < 4.78 is 5.78. The molecule has 26 heavy (non-hydrogen) atoms. The summed E-state index contributed by atoms with van der Waals surface area (Å²) in [7, 11) is 0. The number of benzene rings is 1. The van der Waals surface area contributed by atoms with E-state index in [4.69, 9.17) is 4.74 Å². The molecule has 3 saturated heterocycles. The van der Waals surface area contributed by atoms with Crippen molar-refractivity contribution in [3.63, 3.8) is 0 Å². The Morgan fingerprint density at radius 3 is 2.62 bits per heavy atom. The number of hydrogen-bond acceptors (Lipinski definition) is 3. The van der Waals surface area contributed by atoms with Crippen LogP contribution in [0.4, 0.5) is 4.79 Å². The lowest BCUT2D eigenvalue weighted by Crippen LogP contribution is -2.57. The van der Waals surface area contributed by atoms with Crippen LogP contribution < -0.4 is 5.32 Å². The average Bonchev–Trinajstić information content (AvgIpc) is 3.35. The molecule has 3 aliphatic heterocycles. The van der Waals surface area contributed by atoms with Gasteiger partial charge in [-0.1, -0.05) is 18.2 Å². The maximum Gasteiger partial charge on any atom is 0.317 e. The highest BCUT2D eigenvalue weighted by Crippen LogP contribution is 2.39. The number of rotatable bonds is 2. The van der Waals surface area contributed by atoms with E-state index in [-0.39, 0.29) is 23.4 Å². The summed E-state index contributed by atoms with van der Waals surface area (Å²) in [6.45, 7) is 4.33. The Morgan fingerprint density at radius 1 is 1.08 bits per heavy atom. The van der Waals surface area contributed by atoms with Crippen molar-refractivity contribution in [3.8, 4) is 0 Å². The van der Waals surface area contributed by atoms with Gasteiger partial charge in [0.25, 0.3) is 5.91 Å². The molecule has 1 aromatic rings. The van der Waals surface area contributed by atoms with Gasteiger partial charge in [-0.3, -0.25) is 4.79 Å². The minimum absolute atomic E-state index is 0.0432. The fraction of sp³-hybridized carbons (Fsp3) is 0.600. The third-order valence-corrected chi connectivity index (χ3v) is 6.06. The van der Waals surface area contributed by atoms with Crippen LogP contribution in [0.15, 0.2) is 30.3 Å². The van der Waals surface area contributed by atoms with Gasteiger partial charge in [0, 0.05) is 49.8 Å². The molecule has 3 fully saturated rings. The molecule has 0 bridgehead atoms. The van der Waals surface area contributed by atoms with Gasteiger partial charge in [0.15, 0.2) is 0 Å². The van der Waals surface area contributed by atoms with Gasteiger partial charge >= 0.3 is 6.03 Å². The van der Waals surface area contributed by atoms with Gasteiger partial charge < -0.3 is 19.9 Å². The van der Waals surface area contributed by atoms with E-state index in [1.54, 1.807) is 0 Å². The van der Waals surface area contributed by atoms with Crippen molar-refractivity contribution >= 4 is 11.9 Å². The van der Waals surface area contributed by atoms with Gasteiger partial charge in [0.2, 0.25) is 0 Å². The van der Waals surface area contributed by atoms with Crippen LogP contribution >= 0.6 is 0 Å². The van der Waals surface area contributed by atoms with Crippen molar-refractivity contribution in [2.45, 2.75) is 31.7 Å². The Hall–Kier alpha value is -2.08. The second-order valence-electron chi connectivity index (χ2n) is 7.74. The van der Waals surface area contributed by atoms with Crippen LogP contribution in [0.3, 0.4) is 0 Å². The summed E-state index contributed by atoms with van der Waals surface area (Å²) in [5, 5.41) is 3.26. The van der Waals surface area contributed by atoms with Crippen molar-refractivity contribution in [1.29, 1.82) is 0 Å². The van der Waals surface area contributed by atoms with E-state index in [0.29, 0.717) is 26.3 Å². The fourth-order valence-corrected chi connectivity index (χ4v) is 4.50. The summed E-state index contributed by atoms with van der Waals surface area (Å²) in [6.07, 6.45) is 3.86. The molecule has 6 nitrogen and oxygen atoms in total. The Balaban J connectivity index is 1.45. The molecular weight excluding hydrogens is 330 g/mol. The molecule has 1 N–H and O–H groups in total. The first-order chi connectivity index (χ1) is 12.7. The van der Waals surface area contributed by atoms with Crippen LogP contribution in [-0.2, 0) is 4.74 Å². The number of likely N-dealkylation sites (tertiary alicyclic amines) is 2. The second kappa shape index (κ2) is 7.27. The Bertz CT molecular complexity index is 660. The van der Waals surface area contributed by atoms with E-state index >= 15 is 0 Å². The third kappa shape index (κ3) is 3.30. The molecule has 3 amide bonds. The number of urea groups is 1. The molecule has 0 aliphatic carbocycles. The number of hydrogen-bond donors (Lipinski definition) is 1. The number of nitrogens with zero attached hydrogens (tertiary/aromatic N) is 2. The van der Waals surface area contributed by atoms with Crippen LogP contribution in [-0.4, -0.2) is 67.2 Å². The standard InChI is InChI=1S/C20H27N3O3/c24-18(16-6-2-1-3-7-16)23-12-9-20(14-23)15-26-13-8-17(20)21-19(25)22-10-4-5-11-22/h1-3,6-7,17H,4-5,8-15H2,(H,21,25)/t17-,20+/m1/s1. The molecule has 0 radical (unpaired) electrons. The normalized spacial score (nSPS) is 28.5. The maximum absolute atomic E-state index is 12.8. The number of carbonyl (C=O) groups is 2. The minimum atomic E-state index is -0.169. The van der Waals surface area contributed by atoms with Gasteiger partial charge in [-0.05, 0) is 37.8 Å². The molecule has 1 aromatic carbocycles. The zero-order valence-electron chi connectivity index (χ0n) is 15.2. The summed E-state index contributed by atoms with van der Waals surface area (Å²) in [5.74, 6) is 0.0673. The topological polar surface area (TPSA) is 61.9 Å². The summed E-state index contributed by atoms with van der Waals surface area (Å²) in [5.41, 5.74) is 0.553. The van der Waals surface area contributed by atoms with Gasteiger partial charge in [-0.15, -0.1) is 0 Å². The van der Waals surface area contributed by atoms with Crippen LogP contribution in [0.5, 0.6) is 0 Å². The summed E-state index contributed by atoms with van der Waals surface area (Å²) in [6, 6.07) is 9.53. The fourth-order valence-electron chi connectivity index (χ4n) is 4.50. The van der Waals surface area contributed by atoms with E-state index in [0.717, 1.165) is 44.3 Å². The lowest BCUT2D eigenvalue weighted by atomic mass is 9.77. The monoisotopic (exact) mass is 357 g/mol. The number of ether oxygens (including phenoxy) is 1. The lowest BCUT2D eigenvalue weighted by Gasteiger charge is -2.41. The van der Waals surface area contributed by atoms with E-state index < -0.39 is 0 Å². The second-order valence-corrected chi connectivity index (χ2v) is 7.74. The number of nitrogens with one attached hydrogen (secondary N) is 1. The zero-order valence-corrected chi connectivity index (χ0v) is 15.2. The van der Waals surface area contributed by atoms with Gasteiger partial charge in [-0.25, -0.2) is 4.79 Å². The maximum atomic E-state index is 12.8. The molecule has 0 unspecified atom stereocenters. The first-order valence-electron chi connectivity index (χ1n) is 9.65. The number of carbonyl (C=O) groups excluding carboxylic acids is 2. The minimum Gasteiger partial charge on any atom is -0.381 e. The van der Waals surface area contributed by atoms with Gasteiger partial charge in [0.05, 0.1) is 6.61 Å². The van der Waals surface area contributed by atoms with Crippen molar-refractivity contribution in [2.75, 3.05) is 39.4 Å². The number of amides is 3. The first kappa shape index (κ1) is 17.3. The van der Waals surface area contributed by atoms with E-state index in [9.17, 15) is 9.59 Å². The van der Waals surface area contributed by atoms with Crippen LogP contribution in [0, 0.1) is 5.41 Å². The Labute approximate surface area is 154 Å². The SMILES string of the molecule is O=C(N[C@@H]1CCOC[C@@]12CCN(C(=O)c1ccccc1)C2)N1CCCC1. The van der Waals surface area contributed by atoms with Crippen molar-refractivity contribution in [1.82, 2.24) is 15.1 Å². The molecule has 3 aliphatic rings. The van der Waals surface area contributed by atoms with Crippen molar-refractivity contribution in [2.24, 2.45) is 5.41 Å². The van der Waals surface area contributed by atoms with Crippen LogP contribution in [0.2, 0.25) is 0 Å². The molecule has 4 rings (SSSR count). The van der Waals surface area contributed by atoms with Gasteiger partial charge in [0.1, 0.15) is 0 Å². The molecule has 2 atom stereocenters. The zero-order chi connectivity index (χ0) is 18.0. The van der Waals surface area contributed by atoms with Gasteiger partial charge in [-0.2, -0.15) is 0 Å². The molecule has 0 aromatic heterocycles. The van der Waals surface area contributed by atoms with Crippen molar-refractivity contribution in [3.05, 3.63) is 35.9 Å². The predicted molar refractivity (Wildman–Crippen MR) is 98.0 cm³/mol. The Morgan fingerprint density at radius 2 is 1.85 bits per heavy atom.